The number of imidazole rings is 1. The molecule has 0 saturated carbocycles. The standard InChI is InChI=1S/C34H38N8O3/c1-34(2,40-18-7-4-8-19-40)20-24(21-35)32(43)39-17-9-10-26(22-39)42-31-29(30(36)37-23-38-31)41(33(42)44)25-13-15-28(16-14-25)45-27-11-5-3-6-12-27/h3,5-6,11-16,20,23,26H,4,7-10,17-19,22H2,1-2H3,(H2,36,37,38)/b24-20-/t26-/m0/s1. The minimum atomic E-state index is -0.420. The second-order valence-corrected chi connectivity index (χ2v) is 12.2. The summed E-state index contributed by atoms with van der Waals surface area (Å²) in [6.45, 7) is 6.79. The fraction of sp³-hybridized carbons (Fsp3) is 0.382. The molecule has 4 heterocycles. The molecule has 0 bridgehead atoms. The summed E-state index contributed by atoms with van der Waals surface area (Å²) >= 11 is 0. The van der Waals surface area contributed by atoms with E-state index in [1.165, 1.54) is 17.3 Å². The van der Waals surface area contributed by atoms with Crippen LogP contribution in [0.2, 0.25) is 0 Å². The van der Waals surface area contributed by atoms with Gasteiger partial charge in [-0.15, -0.1) is 0 Å². The molecule has 2 aliphatic heterocycles. The molecule has 1 amide bonds. The number of amides is 1. The molecule has 2 N–H and O–H groups in total. The number of aromatic nitrogens is 4. The lowest BCUT2D eigenvalue weighted by Crippen LogP contribution is -2.47. The first-order chi connectivity index (χ1) is 21.8. The van der Waals surface area contributed by atoms with Crippen LogP contribution in [0.15, 0.2) is 77.4 Å². The summed E-state index contributed by atoms with van der Waals surface area (Å²) in [6.07, 6.45) is 7.93. The van der Waals surface area contributed by atoms with Gasteiger partial charge < -0.3 is 15.4 Å². The Morgan fingerprint density at radius 3 is 2.42 bits per heavy atom. The maximum absolute atomic E-state index is 14.1. The summed E-state index contributed by atoms with van der Waals surface area (Å²) in [4.78, 5) is 40.5. The fourth-order valence-corrected chi connectivity index (χ4v) is 6.50. The lowest BCUT2D eigenvalue weighted by Gasteiger charge is -2.39. The predicted octanol–water partition coefficient (Wildman–Crippen LogP) is 4.83. The summed E-state index contributed by atoms with van der Waals surface area (Å²) in [6, 6.07) is 18.4. The van der Waals surface area contributed by atoms with Crippen LogP contribution >= 0.6 is 0 Å². The Balaban J connectivity index is 1.30. The molecule has 6 rings (SSSR count). The number of fused-ring (bicyclic) bond motifs is 1. The molecule has 0 radical (unpaired) electrons. The van der Waals surface area contributed by atoms with E-state index in [1.54, 1.807) is 39.8 Å². The minimum absolute atomic E-state index is 0.130. The summed E-state index contributed by atoms with van der Waals surface area (Å²) < 4.78 is 9.06. The first-order valence-corrected chi connectivity index (χ1v) is 15.5. The van der Waals surface area contributed by atoms with Crippen molar-refractivity contribution >= 4 is 22.9 Å². The van der Waals surface area contributed by atoms with Gasteiger partial charge in [-0.2, -0.15) is 5.26 Å². The molecular weight excluding hydrogens is 568 g/mol. The zero-order valence-corrected chi connectivity index (χ0v) is 25.7. The van der Waals surface area contributed by atoms with E-state index >= 15 is 0 Å². The van der Waals surface area contributed by atoms with Crippen molar-refractivity contribution in [2.75, 3.05) is 31.9 Å². The Hall–Kier alpha value is -4.95. The SMILES string of the molecule is CC(C)(/C=C(/C#N)C(=O)N1CCC[C@H](n2c(=O)n(-c3ccc(Oc4ccccc4)cc3)c3c(N)ncnc32)C1)N1CCCCC1. The largest absolute Gasteiger partial charge is 0.457 e. The molecule has 2 fully saturated rings. The maximum Gasteiger partial charge on any atom is 0.335 e. The lowest BCUT2D eigenvalue weighted by molar-refractivity contribution is -0.128. The fourth-order valence-electron chi connectivity index (χ4n) is 6.50. The van der Waals surface area contributed by atoms with Gasteiger partial charge in [0.05, 0.1) is 11.7 Å². The van der Waals surface area contributed by atoms with Crippen molar-refractivity contribution in [3.8, 4) is 23.3 Å². The monoisotopic (exact) mass is 606 g/mol. The number of nitrogen functional groups attached to an aromatic ring is 1. The Bertz CT molecular complexity index is 1810. The molecule has 2 aromatic heterocycles. The molecule has 4 aromatic rings. The molecule has 11 nitrogen and oxygen atoms in total. The molecule has 0 spiro atoms. The Morgan fingerprint density at radius 1 is 1.00 bits per heavy atom. The van der Waals surface area contributed by atoms with Gasteiger partial charge >= 0.3 is 5.69 Å². The van der Waals surface area contributed by atoms with Crippen LogP contribution in [0.4, 0.5) is 5.82 Å². The molecular formula is C34H38N8O3. The van der Waals surface area contributed by atoms with E-state index in [9.17, 15) is 14.9 Å². The maximum atomic E-state index is 14.1. The Kier molecular flexibility index (Phi) is 8.41. The van der Waals surface area contributed by atoms with Crippen molar-refractivity contribution in [3.05, 3.63) is 83.1 Å². The van der Waals surface area contributed by atoms with E-state index in [1.807, 2.05) is 30.3 Å². The molecule has 2 aliphatic rings. The van der Waals surface area contributed by atoms with Crippen LogP contribution in [0.5, 0.6) is 11.5 Å². The third-order valence-corrected chi connectivity index (χ3v) is 8.82. The second-order valence-electron chi connectivity index (χ2n) is 12.2. The molecule has 0 aliphatic carbocycles. The number of hydrogen-bond acceptors (Lipinski definition) is 8. The van der Waals surface area contributed by atoms with Crippen molar-refractivity contribution < 1.29 is 9.53 Å². The van der Waals surface area contributed by atoms with Gasteiger partial charge in [0.15, 0.2) is 11.5 Å². The van der Waals surface area contributed by atoms with Gasteiger partial charge in [-0.3, -0.25) is 18.8 Å². The van der Waals surface area contributed by atoms with E-state index in [4.69, 9.17) is 10.5 Å². The van der Waals surface area contributed by atoms with Crippen molar-refractivity contribution in [3.63, 3.8) is 0 Å². The van der Waals surface area contributed by atoms with E-state index in [2.05, 4.69) is 34.8 Å². The van der Waals surface area contributed by atoms with E-state index in [-0.39, 0.29) is 35.6 Å². The van der Waals surface area contributed by atoms with Crippen LogP contribution in [0, 0.1) is 11.3 Å². The van der Waals surface area contributed by atoms with Crippen LogP contribution in [0.3, 0.4) is 0 Å². The van der Waals surface area contributed by atoms with Gasteiger partial charge in [0.2, 0.25) is 0 Å². The molecule has 2 aromatic carbocycles. The average molecular weight is 607 g/mol. The van der Waals surface area contributed by atoms with Gasteiger partial charge in [0, 0.05) is 18.6 Å². The minimum Gasteiger partial charge on any atom is -0.457 e. The van der Waals surface area contributed by atoms with Gasteiger partial charge in [-0.05, 0) is 95.1 Å². The number of nitriles is 1. The Labute approximate surface area is 262 Å². The number of nitrogens with two attached hydrogens (primary N) is 1. The highest BCUT2D eigenvalue weighted by Gasteiger charge is 2.33. The van der Waals surface area contributed by atoms with E-state index in [0.29, 0.717) is 47.7 Å². The summed E-state index contributed by atoms with van der Waals surface area (Å²) in [5.41, 5.74) is 7.11. The second kappa shape index (κ2) is 12.6. The zero-order valence-electron chi connectivity index (χ0n) is 25.7. The molecule has 0 unspecified atom stereocenters. The van der Waals surface area contributed by atoms with E-state index in [0.717, 1.165) is 25.9 Å². The predicted molar refractivity (Wildman–Crippen MR) is 172 cm³/mol. The van der Waals surface area contributed by atoms with Crippen LogP contribution < -0.4 is 16.2 Å². The van der Waals surface area contributed by atoms with Crippen LogP contribution in [-0.2, 0) is 4.79 Å². The zero-order chi connectivity index (χ0) is 31.6. The average Bonchev–Trinajstić information content (AvgIpc) is 3.37. The number of benzene rings is 2. The number of piperidine rings is 2. The summed E-state index contributed by atoms with van der Waals surface area (Å²) in [5, 5.41) is 10.0. The van der Waals surface area contributed by atoms with Gasteiger partial charge in [-0.1, -0.05) is 24.6 Å². The Morgan fingerprint density at radius 2 is 1.71 bits per heavy atom. The molecule has 1 atom stereocenters. The molecule has 232 valence electrons. The number of likely N-dealkylation sites (tertiary alicyclic amines) is 2. The van der Waals surface area contributed by atoms with Crippen molar-refractivity contribution in [2.45, 2.75) is 57.5 Å². The van der Waals surface area contributed by atoms with Crippen molar-refractivity contribution in [1.29, 1.82) is 5.26 Å². The molecule has 11 heteroatoms. The normalized spacial score (nSPS) is 18.1. The number of rotatable bonds is 7. The third-order valence-electron chi connectivity index (χ3n) is 8.82. The van der Waals surface area contributed by atoms with Crippen LogP contribution in [0.1, 0.15) is 52.0 Å². The number of nitrogens with zero attached hydrogens (tertiary/aromatic N) is 7. The molecule has 2 saturated heterocycles. The topological polar surface area (TPSA) is 135 Å². The number of anilines is 1. The smallest absolute Gasteiger partial charge is 0.335 e. The van der Waals surface area contributed by atoms with Crippen molar-refractivity contribution in [2.24, 2.45) is 0 Å². The first-order valence-electron chi connectivity index (χ1n) is 15.5. The summed E-state index contributed by atoms with van der Waals surface area (Å²) in [5.74, 6) is 1.20. The van der Waals surface area contributed by atoms with Gasteiger partial charge in [0.1, 0.15) is 35.0 Å². The summed E-state index contributed by atoms with van der Waals surface area (Å²) in [7, 11) is 0. The quantitative estimate of drug-likeness (QED) is 0.233. The third kappa shape index (κ3) is 6.06. The highest BCUT2D eigenvalue weighted by Crippen LogP contribution is 2.30. The van der Waals surface area contributed by atoms with Crippen molar-refractivity contribution in [1.82, 2.24) is 28.9 Å². The number of hydrogen-bond donors (Lipinski definition) is 1. The molecule has 45 heavy (non-hydrogen) atoms. The van der Waals surface area contributed by atoms with Crippen LogP contribution in [0.25, 0.3) is 16.9 Å². The number of para-hydroxylation sites is 1. The number of carbonyl (C=O) groups excluding carboxylic acids is 1. The van der Waals surface area contributed by atoms with E-state index < -0.39 is 5.54 Å². The number of carbonyl (C=O) groups is 1. The number of ether oxygens (including phenoxy) is 1. The first kappa shape index (κ1) is 30.1. The van der Waals surface area contributed by atoms with Gasteiger partial charge in [-0.25, -0.2) is 14.8 Å². The highest BCUT2D eigenvalue weighted by molar-refractivity contribution is 5.97. The van der Waals surface area contributed by atoms with Gasteiger partial charge in [0.25, 0.3) is 5.91 Å². The van der Waals surface area contributed by atoms with Crippen LogP contribution in [-0.4, -0.2) is 66.5 Å². The lowest BCUT2D eigenvalue weighted by atomic mass is 9.95. The highest BCUT2D eigenvalue weighted by atomic mass is 16.5.